The second-order valence-electron chi connectivity index (χ2n) is 3.63. The zero-order valence-corrected chi connectivity index (χ0v) is 11.5. The van der Waals surface area contributed by atoms with Crippen LogP contribution in [0.3, 0.4) is 0 Å². The molecule has 6 nitrogen and oxygen atoms in total. The van der Waals surface area contributed by atoms with Crippen LogP contribution < -0.4 is 5.32 Å². The molecule has 0 aliphatic rings. The number of aromatic carboxylic acids is 1. The molecule has 1 aromatic carbocycles. The number of carboxylic acids is 1. The lowest BCUT2D eigenvalue weighted by atomic mass is 10.2. The molecule has 1 rings (SSSR count). The van der Waals surface area contributed by atoms with Gasteiger partial charge in [0, 0.05) is 11.5 Å². The van der Waals surface area contributed by atoms with Crippen molar-refractivity contribution >= 4 is 29.5 Å². The van der Waals surface area contributed by atoms with E-state index in [0.29, 0.717) is 5.75 Å². The van der Waals surface area contributed by atoms with Crippen molar-refractivity contribution < 1.29 is 24.5 Å². The Morgan fingerprint density at radius 1 is 1.45 bits per heavy atom. The summed E-state index contributed by atoms with van der Waals surface area (Å²) < 4.78 is 4.88. The predicted molar refractivity (Wildman–Crippen MR) is 77.6 cm³/mol. The van der Waals surface area contributed by atoms with E-state index in [-0.39, 0.29) is 17.9 Å². The average Bonchev–Trinajstić information content (AvgIpc) is 2.40. The van der Waals surface area contributed by atoms with Gasteiger partial charge in [-0.1, -0.05) is 12.1 Å². The number of hydrogen-bond acceptors (Lipinski definition) is 5. The van der Waals surface area contributed by atoms with Crippen LogP contribution >= 0.6 is 11.8 Å². The second-order valence-corrected chi connectivity index (χ2v) is 4.78. The molecule has 108 valence electrons. The summed E-state index contributed by atoms with van der Waals surface area (Å²) in [6.07, 6.45) is 1.00. The van der Waals surface area contributed by atoms with E-state index in [0.717, 1.165) is 5.75 Å². The van der Waals surface area contributed by atoms with Gasteiger partial charge in [-0.3, -0.25) is 5.32 Å². The van der Waals surface area contributed by atoms with Gasteiger partial charge in [0.25, 0.3) is 0 Å². The smallest absolute Gasteiger partial charge is 0.411 e. The number of amides is 1. The van der Waals surface area contributed by atoms with Crippen LogP contribution in [-0.2, 0) is 4.74 Å². The number of phenols is 1. The average molecular weight is 297 g/mol. The maximum atomic E-state index is 11.5. The summed E-state index contributed by atoms with van der Waals surface area (Å²) in [6, 6.07) is 4.04. The molecule has 0 saturated carbocycles. The number of thioether (sulfide) groups is 1. The number of benzene rings is 1. The van der Waals surface area contributed by atoms with Crippen LogP contribution in [0, 0.1) is 0 Å². The van der Waals surface area contributed by atoms with Crippen LogP contribution in [0.1, 0.15) is 10.4 Å². The third kappa shape index (κ3) is 4.85. The van der Waals surface area contributed by atoms with Gasteiger partial charge in [-0.25, -0.2) is 9.59 Å². The van der Waals surface area contributed by atoms with Crippen molar-refractivity contribution in [1.29, 1.82) is 0 Å². The first-order valence-electron chi connectivity index (χ1n) is 5.74. The number of nitrogens with one attached hydrogen (secondary N) is 1. The maximum Gasteiger partial charge on any atom is 0.411 e. The van der Waals surface area contributed by atoms with E-state index in [1.807, 2.05) is 0 Å². The van der Waals surface area contributed by atoms with Crippen molar-refractivity contribution in [3.8, 4) is 5.75 Å². The number of aromatic hydroxyl groups is 1. The van der Waals surface area contributed by atoms with Gasteiger partial charge in [-0.05, 0) is 12.1 Å². The highest BCUT2D eigenvalue weighted by Gasteiger charge is 2.14. The molecule has 0 aromatic heterocycles. The SMILES string of the molecule is C=CCSCCOC(=O)Nc1cccc(C(=O)O)c1O. The van der Waals surface area contributed by atoms with E-state index in [1.165, 1.54) is 18.2 Å². The van der Waals surface area contributed by atoms with Crippen LogP contribution in [0.25, 0.3) is 0 Å². The molecule has 0 heterocycles. The zero-order chi connectivity index (χ0) is 15.0. The van der Waals surface area contributed by atoms with Gasteiger partial charge in [0.2, 0.25) is 0 Å². The van der Waals surface area contributed by atoms with E-state index in [1.54, 1.807) is 17.8 Å². The third-order valence-electron chi connectivity index (χ3n) is 2.20. The van der Waals surface area contributed by atoms with Crippen LogP contribution in [0.5, 0.6) is 5.75 Å². The lowest BCUT2D eigenvalue weighted by Crippen LogP contribution is -2.16. The highest BCUT2D eigenvalue weighted by atomic mass is 32.2. The highest BCUT2D eigenvalue weighted by Crippen LogP contribution is 2.27. The Hall–Kier alpha value is -2.15. The lowest BCUT2D eigenvalue weighted by molar-refractivity contribution is 0.0693. The summed E-state index contributed by atoms with van der Waals surface area (Å²) in [4.78, 5) is 22.3. The quantitative estimate of drug-likeness (QED) is 0.406. The van der Waals surface area contributed by atoms with E-state index >= 15 is 0 Å². The third-order valence-corrected chi connectivity index (χ3v) is 3.13. The Morgan fingerprint density at radius 2 is 2.20 bits per heavy atom. The number of hydrogen-bond donors (Lipinski definition) is 3. The van der Waals surface area contributed by atoms with E-state index in [9.17, 15) is 14.7 Å². The summed E-state index contributed by atoms with van der Waals surface area (Å²) in [7, 11) is 0. The summed E-state index contributed by atoms with van der Waals surface area (Å²) in [6.45, 7) is 3.78. The van der Waals surface area contributed by atoms with E-state index in [2.05, 4.69) is 11.9 Å². The summed E-state index contributed by atoms with van der Waals surface area (Å²) in [5.74, 6) is -0.383. The molecule has 1 amide bonds. The zero-order valence-electron chi connectivity index (χ0n) is 10.7. The van der Waals surface area contributed by atoms with Crippen LogP contribution in [0.15, 0.2) is 30.9 Å². The van der Waals surface area contributed by atoms with Gasteiger partial charge in [0.05, 0.1) is 5.69 Å². The van der Waals surface area contributed by atoms with E-state index in [4.69, 9.17) is 9.84 Å². The Labute approximate surface area is 120 Å². The molecule has 0 spiro atoms. The molecule has 0 unspecified atom stereocenters. The highest BCUT2D eigenvalue weighted by molar-refractivity contribution is 7.99. The molecule has 0 radical (unpaired) electrons. The standard InChI is InChI=1S/C13H15NO5S/c1-2-7-20-8-6-19-13(18)14-10-5-3-4-9(11(10)15)12(16)17/h2-5,15H,1,6-8H2,(H,14,18)(H,16,17). The monoisotopic (exact) mass is 297 g/mol. The Kier molecular flexibility index (Phi) is 6.45. The fourth-order valence-corrected chi connectivity index (χ4v) is 1.86. The lowest BCUT2D eigenvalue weighted by Gasteiger charge is -2.09. The van der Waals surface area contributed by atoms with Crippen molar-refractivity contribution in [3.05, 3.63) is 36.4 Å². The number of carbonyl (C=O) groups is 2. The maximum absolute atomic E-state index is 11.5. The van der Waals surface area contributed by atoms with Gasteiger partial charge in [-0.15, -0.1) is 6.58 Å². The molecule has 0 aliphatic carbocycles. The molecule has 0 aliphatic heterocycles. The first-order valence-corrected chi connectivity index (χ1v) is 6.89. The molecule has 0 bridgehead atoms. The normalized spacial score (nSPS) is 9.80. The Bertz CT molecular complexity index is 504. The molecule has 0 saturated heterocycles. The van der Waals surface area contributed by atoms with Crippen molar-refractivity contribution in [3.63, 3.8) is 0 Å². The molecular weight excluding hydrogens is 282 g/mol. The first-order chi connectivity index (χ1) is 9.56. The number of rotatable bonds is 7. The van der Waals surface area contributed by atoms with Crippen LogP contribution in [0.2, 0.25) is 0 Å². The number of carbonyl (C=O) groups excluding carboxylic acids is 1. The minimum Gasteiger partial charge on any atom is -0.505 e. The Balaban J connectivity index is 2.52. The number of ether oxygens (including phenoxy) is 1. The number of carboxylic acid groups (broad SMARTS) is 1. The largest absolute Gasteiger partial charge is 0.505 e. The van der Waals surface area contributed by atoms with E-state index < -0.39 is 17.8 Å². The molecular formula is C13H15NO5S. The minimum absolute atomic E-state index is 0.00588. The molecule has 7 heteroatoms. The van der Waals surface area contributed by atoms with Gasteiger partial charge in [0.1, 0.15) is 12.2 Å². The van der Waals surface area contributed by atoms with Crippen molar-refractivity contribution in [2.24, 2.45) is 0 Å². The number of para-hydroxylation sites is 1. The fraction of sp³-hybridized carbons (Fsp3) is 0.231. The molecule has 3 N–H and O–H groups in total. The fourth-order valence-electron chi connectivity index (χ4n) is 1.32. The number of anilines is 1. The molecule has 1 aromatic rings. The predicted octanol–water partition coefficient (Wildman–Crippen LogP) is 2.56. The topological polar surface area (TPSA) is 95.9 Å². The van der Waals surface area contributed by atoms with Gasteiger partial charge in [-0.2, -0.15) is 11.8 Å². The van der Waals surface area contributed by atoms with Crippen molar-refractivity contribution in [2.75, 3.05) is 23.4 Å². The summed E-state index contributed by atoms with van der Waals surface area (Å²) in [5.41, 5.74) is -0.294. The molecule has 0 fully saturated rings. The minimum atomic E-state index is -1.28. The summed E-state index contributed by atoms with van der Waals surface area (Å²) in [5, 5.41) is 20.8. The Morgan fingerprint density at radius 3 is 2.85 bits per heavy atom. The molecule has 20 heavy (non-hydrogen) atoms. The van der Waals surface area contributed by atoms with Gasteiger partial charge >= 0.3 is 12.1 Å². The van der Waals surface area contributed by atoms with Crippen molar-refractivity contribution in [2.45, 2.75) is 0 Å². The van der Waals surface area contributed by atoms with Crippen LogP contribution in [0.4, 0.5) is 10.5 Å². The van der Waals surface area contributed by atoms with Gasteiger partial charge < -0.3 is 14.9 Å². The molecule has 0 atom stereocenters. The van der Waals surface area contributed by atoms with Crippen LogP contribution in [-0.4, -0.2) is 40.4 Å². The van der Waals surface area contributed by atoms with Crippen molar-refractivity contribution in [1.82, 2.24) is 0 Å². The second kappa shape index (κ2) is 8.11. The van der Waals surface area contributed by atoms with Gasteiger partial charge in [0.15, 0.2) is 5.75 Å². The first kappa shape index (κ1) is 15.9. The summed E-state index contributed by atoms with van der Waals surface area (Å²) >= 11 is 1.56.